The van der Waals surface area contributed by atoms with Crippen molar-refractivity contribution in [3.63, 3.8) is 0 Å². The largest absolute Gasteiger partial charge is 0.495 e. The summed E-state index contributed by atoms with van der Waals surface area (Å²) in [6.07, 6.45) is 1.52. The number of fused-ring (bicyclic) bond motifs is 1. The predicted molar refractivity (Wildman–Crippen MR) is 111 cm³/mol. The maximum atomic E-state index is 12.7. The minimum atomic E-state index is -0.636. The van der Waals surface area contributed by atoms with Crippen molar-refractivity contribution < 1.29 is 19.1 Å². The zero-order chi connectivity index (χ0) is 21.6. The summed E-state index contributed by atoms with van der Waals surface area (Å²) >= 11 is 5.66. The standard InChI is InChI=1S/C21H28ClN3O4/c1-21(2,3)29-20(27)25-13-14-11-16(24-19(26)7-5-6-9-22)18(28-4)12-15(14)17(25)8-10-23/h11-12,17H,5-9,13H2,1-4H3,(H,24,26). The van der Waals surface area contributed by atoms with E-state index in [1.807, 2.05) is 6.07 Å². The lowest BCUT2D eigenvalue weighted by Gasteiger charge is -2.27. The first-order valence-corrected chi connectivity index (χ1v) is 10.2. The van der Waals surface area contributed by atoms with E-state index in [1.165, 1.54) is 7.11 Å². The van der Waals surface area contributed by atoms with Gasteiger partial charge in [-0.1, -0.05) is 0 Å². The van der Waals surface area contributed by atoms with E-state index in [4.69, 9.17) is 21.1 Å². The van der Waals surface area contributed by atoms with Crippen LogP contribution in [-0.4, -0.2) is 35.5 Å². The number of halogens is 1. The average molecular weight is 422 g/mol. The van der Waals surface area contributed by atoms with Gasteiger partial charge in [-0.25, -0.2) is 4.79 Å². The molecule has 0 radical (unpaired) electrons. The molecule has 1 unspecified atom stereocenters. The van der Waals surface area contributed by atoms with Gasteiger partial charge in [-0.15, -0.1) is 11.6 Å². The molecule has 0 spiro atoms. The maximum Gasteiger partial charge on any atom is 0.411 e. The molecule has 8 heteroatoms. The van der Waals surface area contributed by atoms with Crippen molar-refractivity contribution in [2.45, 2.75) is 64.6 Å². The number of unbranched alkanes of at least 4 members (excludes halogenated alkanes) is 1. The molecular formula is C21H28ClN3O4. The van der Waals surface area contributed by atoms with Crippen LogP contribution in [0.15, 0.2) is 12.1 Å². The fourth-order valence-corrected chi connectivity index (χ4v) is 3.42. The summed E-state index contributed by atoms with van der Waals surface area (Å²) in [5.74, 6) is 0.892. The first-order valence-electron chi connectivity index (χ1n) is 9.63. The van der Waals surface area contributed by atoms with Gasteiger partial charge in [-0.05, 0) is 56.9 Å². The lowest BCUT2D eigenvalue weighted by Crippen LogP contribution is -2.35. The van der Waals surface area contributed by atoms with Crippen molar-refractivity contribution >= 4 is 29.3 Å². The number of nitriles is 1. The van der Waals surface area contributed by atoms with Gasteiger partial charge in [0.05, 0.1) is 37.9 Å². The highest BCUT2D eigenvalue weighted by Gasteiger charge is 2.37. The minimum absolute atomic E-state index is 0.121. The van der Waals surface area contributed by atoms with Crippen molar-refractivity contribution in [2.24, 2.45) is 0 Å². The first kappa shape index (κ1) is 22.8. The number of hydrogen-bond acceptors (Lipinski definition) is 5. The molecule has 0 fully saturated rings. The molecule has 158 valence electrons. The highest BCUT2D eigenvalue weighted by molar-refractivity contribution is 6.17. The fourth-order valence-electron chi connectivity index (χ4n) is 3.23. The molecule has 1 aliphatic rings. The molecule has 0 saturated heterocycles. The van der Waals surface area contributed by atoms with E-state index in [-0.39, 0.29) is 12.3 Å². The third kappa shape index (κ3) is 6.01. The van der Waals surface area contributed by atoms with Crippen LogP contribution in [0.3, 0.4) is 0 Å². The quantitative estimate of drug-likeness (QED) is 0.506. The second kappa shape index (κ2) is 9.84. The number of carbonyl (C=O) groups is 2. The van der Waals surface area contributed by atoms with E-state index in [0.717, 1.165) is 17.5 Å². The molecule has 1 aromatic rings. The van der Waals surface area contributed by atoms with E-state index in [9.17, 15) is 14.9 Å². The maximum absolute atomic E-state index is 12.7. The van der Waals surface area contributed by atoms with Crippen LogP contribution in [-0.2, 0) is 16.1 Å². The first-order chi connectivity index (χ1) is 13.7. The van der Waals surface area contributed by atoms with Gasteiger partial charge >= 0.3 is 6.09 Å². The zero-order valence-corrected chi connectivity index (χ0v) is 18.1. The van der Waals surface area contributed by atoms with E-state index < -0.39 is 17.7 Å². The smallest absolute Gasteiger partial charge is 0.411 e. The third-order valence-electron chi connectivity index (χ3n) is 4.51. The van der Waals surface area contributed by atoms with Gasteiger partial charge in [0.15, 0.2) is 0 Å². The molecule has 2 amide bonds. The fraction of sp³-hybridized carbons (Fsp3) is 0.571. The number of alkyl halides is 1. The summed E-state index contributed by atoms with van der Waals surface area (Å²) in [4.78, 5) is 26.4. The third-order valence-corrected chi connectivity index (χ3v) is 4.78. The Morgan fingerprint density at radius 1 is 1.34 bits per heavy atom. The zero-order valence-electron chi connectivity index (χ0n) is 17.4. The molecule has 1 heterocycles. The number of benzene rings is 1. The van der Waals surface area contributed by atoms with Crippen LogP contribution in [0, 0.1) is 11.3 Å². The molecule has 2 rings (SSSR count). The van der Waals surface area contributed by atoms with Crippen LogP contribution < -0.4 is 10.1 Å². The van der Waals surface area contributed by atoms with E-state index in [2.05, 4.69) is 11.4 Å². The predicted octanol–water partition coefficient (Wildman–Crippen LogP) is 4.75. The molecular weight excluding hydrogens is 394 g/mol. The summed E-state index contributed by atoms with van der Waals surface area (Å²) < 4.78 is 10.9. The summed E-state index contributed by atoms with van der Waals surface area (Å²) in [6.45, 7) is 5.70. The Bertz CT molecular complexity index is 798. The molecule has 1 atom stereocenters. The van der Waals surface area contributed by atoms with Gasteiger partial charge in [-0.3, -0.25) is 9.69 Å². The van der Waals surface area contributed by atoms with Gasteiger partial charge < -0.3 is 14.8 Å². The van der Waals surface area contributed by atoms with E-state index in [1.54, 1.807) is 31.7 Å². The van der Waals surface area contributed by atoms with Crippen molar-refractivity contribution in [2.75, 3.05) is 18.3 Å². The van der Waals surface area contributed by atoms with Gasteiger partial charge in [-0.2, -0.15) is 5.26 Å². The van der Waals surface area contributed by atoms with Crippen molar-refractivity contribution in [3.8, 4) is 11.8 Å². The number of nitrogens with zero attached hydrogens (tertiary/aromatic N) is 2. The summed E-state index contributed by atoms with van der Waals surface area (Å²) in [7, 11) is 1.52. The molecule has 0 aromatic heterocycles. The molecule has 1 aliphatic heterocycles. The van der Waals surface area contributed by atoms with Gasteiger partial charge in [0, 0.05) is 12.3 Å². The minimum Gasteiger partial charge on any atom is -0.495 e. The molecule has 1 N–H and O–H groups in total. The van der Waals surface area contributed by atoms with Crippen LogP contribution >= 0.6 is 11.6 Å². The molecule has 7 nitrogen and oxygen atoms in total. The number of rotatable bonds is 7. The molecule has 0 aliphatic carbocycles. The van der Waals surface area contributed by atoms with Gasteiger partial charge in [0.1, 0.15) is 11.4 Å². The second-order valence-electron chi connectivity index (χ2n) is 7.93. The Balaban J connectivity index is 2.27. The lowest BCUT2D eigenvalue weighted by atomic mass is 10.0. The van der Waals surface area contributed by atoms with Crippen molar-refractivity contribution in [3.05, 3.63) is 23.3 Å². The van der Waals surface area contributed by atoms with Gasteiger partial charge in [0.25, 0.3) is 0 Å². The molecule has 0 bridgehead atoms. The normalized spacial score (nSPS) is 15.4. The topological polar surface area (TPSA) is 91.7 Å². The van der Waals surface area contributed by atoms with Crippen molar-refractivity contribution in [1.82, 2.24) is 4.90 Å². The number of hydrogen-bond donors (Lipinski definition) is 1. The highest BCUT2D eigenvalue weighted by Crippen LogP contribution is 2.41. The Morgan fingerprint density at radius 3 is 2.66 bits per heavy atom. The molecule has 1 aromatic carbocycles. The highest BCUT2D eigenvalue weighted by atomic mass is 35.5. The Labute approximate surface area is 176 Å². The number of amides is 2. The van der Waals surface area contributed by atoms with Crippen LogP contribution in [0.1, 0.15) is 63.6 Å². The molecule has 29 heavy (non-hydrogen) atoms. The summed E-state index contributed by atoms with van der Waals surface area (Å²) in [5, 5.41) is 12.1. The number of nitrogens with one attached hydrogen (secondary N) is 1. The average Bonchev–Trinajstić information content (AvgIpc) is 2.98. The Hall–Kier alpha value is -2.46. The number of carbonyl (C=O) groups excluding carboxylic acids is 2. The number of anilines is 1. The van der Waals surface area contributed by atoms with E-state index >= 15 is 0 Å². The number of ether oxygens (including phenoxy) is 2. The van der Waals surface area contributed by atoms with Gasteiger partial charge in [0.2, 0.25) is 5.91 Å². The summed E-state index contributed by atoms with van der Waals surface area (Å²) in [5.41, 5.74) is 1.59. The molecule has 0 saturated carbocycles. The van der Waals surface area contributed by atoms with Crippen LogP contribution in [0.4, 0.5) is 10.5 Å². The Morgan fingerprint density at radius 2 is 2.07 bits per heavy atom. The monoisotopic (exact) mass is 421 g/mol. The number of methoxy groups -OCH3 is 1. The van der Waals surface area contributed by atoms with Crippen molar-refractivity contribution in [1.29, 1.82) is 5.26 Å². The SMILES string of the molecule is COc1cc2c(cc1NC(=O)CCCCCl)CN(C(=O)OC(C)(C)C)C2CC#N. The van der Waals surface area contributed by atoms with Crippen LogP contribution in [0.25, 0.3) is 0 Å². The van der Waals surface area contributed by atoms with Crippen LogP contribution in [0.5, 0.6) is 5.75 Å². The van der Waals surface area contributed by atoms with Crippen LogP contribution in [0.2, 0.25) is 0 Å². The van der Waals surface area contributed by atoms with E-state index in [0.29, 0.717) is 36.7 Å². The Kier molecular flexibility index (Phi) is 7.74. The summed E-state index contributed by atoms with van der Waals surface area (Å²) in [6, 6.07) is 5.31. The second-order valence-corrected chi connectivity index (χ2v) is 8.31. The lowest BCUT2D eigenvalue weighted by molar-refractivity contribution is -0.116.